The van der Waals surface area contributed by atoms with Gasteiger partial charge in [-0.1, -0.05) is 20.8 Å². The lowest BCUT2D eigenvalue weighted by Gasteiger charge is -2.24. The van der Waals surface area contributed by atoms with Gasteiger partial charge in [-0.3, -0.25) is 0 Å². The summed E-state index contributed by atoms with van der Waals surface area (Å²) in [7, 11) is 0. The van der Waals surface area contributed by atoms with Crippen LogP contribution < -0.4 is 5.73 Å². The van der Waals surface area contributed by atoms with E-state index in [1.807, 2.05) is 0 Å². The molecular weight excluding hydrogens is 210 g/mol. The SMILES string of the molecule is CC(C)CCN1CCCN(CC(C)CN)CC1. The van der Waals surface area contributed by atoms with Gasteiger partial charge in [-0.05, 0) is 50.9 Å². The molecule has 1 heterocycles. The minimum absolute atomic E-state index is 0.636. The molecule has 1 saturated heterocycles. The minimum atomic E-state index is 0.636. The molecule has 2 N–H and O–H groups in total. The van der Waals surface area contributed by atoms with Crippen molar-refractivity contribution in [1.82, 2.24) is 9.80 Å². The molecule has 0 aromatic rings. The van der Waals surface area contributed by atoms with E-state index in [0.717, 1.165) is 12.5 Å². The Hall–Kier alpha value is -0.120. The summed E-state index contributed by atoms with van der Waals surface area (Å²) in [4.78, 5) is 5.22. The Morgan fingerprint density at radius 3 is 2.29 bits per heavy atom. The first-order valence-electron chi connectivity index (χ1n) is 7.26. The van der Waals surface area contributed by atoms with Gasteiger partial charge in [0.15, 0.2) is 0 Å². The molecule has 0 aromatic heterocycles. The summed E-state index contributed by atoms with van der Waals surface area (Å²) in [6.07, 6.45) is 2.65. The fourth-order valence-electron chi connectivity index (χ4n) is 2.39. The van der Waals surface area contributed by atoms with Crippen LogP contribution in [0.15, 0.2) is 0 Å². The van der Waals surface area contributed by atoms with Crippen molar-refractivity contribution in [3.05, 3.63) is 0 Å². The third-order valence-corrected chi connectivity index (χ3v) is 3.68. The molecule has 0 amide bonds. The average molecular weight is 241 g/mol. The van der Waals surface area contributed by atoms with Gasteiger partial charge in [-0.25, -0.2) is 0 Å². The van der Waals surface area contributed by atoms with Crippen LogP contribution in [0, 0.1) is 11.8 Å². The van der Waals surface area contributed by atoms with E-state index in [9.17, 15) is 0 Å². The fourth-order valence-corrected chi connectivity index (χ4v) is 2.39. The fraction of sp³-hybridized carbons (Fsp3) is 1.00. The Morgan fingerprint density at radius 1 is 1.00 bits per heavy atom. The van der Waals surface area contributed by atoms with E-state index >= 15 is 0 Å². The summed E-state index contributed by atoms with van der Waals surface area (Å²) in [6, 6.07) is 0. The lowest BCUT2D eigenvalue weighted by Crippen LogP contribution is -2.35. The van der Waals surface area contributed by atoms with E-state index in [1.165, 1.54) is 52.1 Å². The number of rotatable bonds is 6. The van der Waals surface area contributed by atoms with Crippen LogP contribution in [0.3, 0.4) is 0 Å². The third-order valence-electron chi connectivity index (χ3n) is 3.68. The molecule has 17 heavy (non-hydrogen) atoms. The monoisotopic (exact) mass is 241 g/mol. The number of hydrogen-bond acceptors (Lipinski definition) is 3. The molecule has 1 aliphatic rings. The van der Waals surface area contributed by atoms with Crippen molar-refractivity contribution in [2.24, 2.45) is 17.6 Å². The van der Waals surface area contributed by atoms with Gasteiger partial charge in [0, 0.05) is 19.6 Å². The highest BCUT2D eigenvalue weighted by Crippen LogP contribution is 2.08. The van der Waals surface area contributed by atoms with Crippen molar-refractivity contribution in [2.45, 2.75) is 33.6 Å². The maximum atomic E-state index is 5.70. The van der Waals surface area contributed by atoms with E-state index in [4.69, 9.17) is 5.73 Å². The van der Waals surface area contributed by atoms with Crippen molar-refractivity contribution in [2.75, 3.05) is 45.8 Å². The summed E-state index contributed by atoms with van der Waals surface area (Å²) in [5.41, 5.74) is 5.70. The second-order valence-electron chi connectivity index (χ2n) is 6.02. The molecule has 1 rings (SSSR count). The predicted octanol–water partition coefficient (Wildman–Crippen LogP) is 1.64. The molecule has 1 aliphatic heterocycles. The quantitative estimate of drug-likeness (QED) is 0.767. The molecule has 0 aromatic carbocycles. The molecule has 1 unspecified atom stereocenters. The maximum absolute atomic E-state index is 5.70. The van der Waals surface area contributed by atoms with Gasteiger partial charge in [0.25, 0.3) is 0 Å². The van der Waals surface area contributed by atoms with E-state index in [1.54, 1.807) is 0 Å². The first kappa shape index (κ1) is 14.9. The lowest BCUT2D eigenvalue weighted by molar-refractivity contribution is 0.230. The van der Waals surface area contributed by atoms with Crippen molar-refractivity contribution in [1.29, 1.82) is 0 Å². The van der Waals surface area contributed by atoms with E-state index in [2.05, 4.69) is 30.6 Å². The molecule has 0 aliphatic carbocycles. The zero-order chi connectivity index (χ0) is 12.7. The highest BCUT2D eigenvalue weighted by molar-refractivity contribution is 4.71. The number of nitrogens with two attached hydrogens (primary N) is 1. The summed E-state index contributed by atoms with van der Waals surface area (Å²) in [6.45, 7) is 15.1. The molecule has 1 fully saturated rings. The number of nitrogens with zero attached hydrogens (tertiary/aromatic N) is 2. The molecule has 0 spiro atoms. The van der Waals surface area contributed by atoms with Crippen LogP contribution in [-0.2, 0) is 0 Å². The summed E-state index contributed by atoms with van der Waals surface area (Å²) >= 11 is 0. The largest absolute Gasteiger partial charge is 0.330 e. The molecule has 3 heteroatoms. The topological polar surface area (TPSA) is 32.5 Å². The lowest BCUT2D eigenvalue weighted by atomic mass is 10.1. The molecule has 0 radical (unpaired) electrons. The van der Waals surface area contributed by atoms with Crippen molar-refractivity contribution in [3.63, 3.8) is 0 Å². The van der Waals surface area contributed by atoms with Crippen LogP contribution in [0.4, 0.5) is 0 Å². The van der Waals surface area contributed by atoms with Crippen LogP contribution in [0.25, 0.3) is 0 Å². The van der Waals surface area contributed by atoms with Crippen LogP contribution >= 0.6 is 0 Å². The standard InChI is InChI=1S/C14H31N3/c1-13(2)5-8-16-6-4-7-17(10-9-16)12-14(3)11-15/h13-14H,4-12,15H2,1-3H3. The molecule has 3 nitrogen and oxygen atoms in total. The smallest absolute Gasteiger partial charge is 0.0109 e. The van der Waals surface area contributed by atoms with Gasteiger partial charge in [0.05, 0.1) is 0 Å². The van der Waals surface area contributed by atoms with Crippen molar-refractivity contribution in [3.8, 4) is 0 Å². The Balaban J connectivity index is 2.24. The average Bonchev–Trinajstić information content (AvgIpc) is 2.52. The van der Waals surface area contributed by atoms with E-state index in [-0.39, 0.29) is 0 Å². The van der Waals surface area contributed by atoms with Gasteiger partial charge in [0.1, 0.15) is 0 Å². The van der Waals surface area contributed by atoms with Crippen molar-refractivity contribution < 1.29 is 0 Å². The number of hydrogen-bond donors (Lipinski definition) is 1. The minimum Gasteiger partial charge on any atom is -0.330 e. The van der Waals surface area contributed by atoms with Crippen LogP contribution in [-0.4, -0.2) is 55.6 Å². The van der Waals surface area contributed by atoms with Crippen LogP contribution in [0.1, 0.15) is 33.6 Å². The second-order valence-corrected chi connectivity index (χ2v) is 6.02. The Labute approximate surface area is 107 Å². The zero-order valence-electron chi connectivity index (χ0n) is 12.0. The Bertz CT molecular complexity index is 194. The van der Waals surface area contributed by atoms with E-state index in [0.29, 0.717) is 5.92 Å². The molecule has 0 saturated carbocycles. The van der Waals surface area contributed by atoms with E-state index < -0.39 is 0 Å². The highest BCUT2D eigenvalue weighted by Gasteiger charge is 2.16. The molecule has 102 valence electrons. The zero-order valence-corrected chi connectivity index (χ0v) is 12.0. The van der Waals surface area contributed by atoms with Crippen LogP contribution in [0.2, 0.25) is 0 Å². The highest BCUT2D eigenvalue weighted by atomic mass is 15.2. The maximum Gasteiger partial charge on any atom is 0.0109 e. The Kier molecular flexibility index (Phi) is 7.09. The second kappa shape index (κ2) is 8.06. The summed E-state index contributed by atoms with van der Waals surface area (Å²) < 4.78 is 0. The normalized spacial score (nSPS) is 21.7. The van der Waals surface area contributed by atoms with Gasteiger partial charge < -0.3 is 15.5 Å². The van der Waals surface area contributed by atoms with Crippen molar-refractivity contribution >= 4 is 0 Å². The first-order valence-corrected chi connectivity index (χ1v) is 7.26. The summed E-state index contributed by atoms with van der Waals surface area (Å²) in [5, 5.41) is 0. The molecule has 1 atom stereocenters. The molecular formula is C14H31N3. The van der Waals surface area contributed by atoms with Crippen LogP contribution in [0.5, 0.6) is 0 Å². The molecule has 0 bridgehead atoms. The summed E-state index contributed by atoms with van der Waals surface area (Å²) in [5.74, 6) is 1.46. The van der Waals surface area contributed by atoms with Gasteiger partial charge in [-0.2, -0.15) is 0 Å². The Morgan fingerprint density at radius 2 is 1.65 bits per heavy atom. The first-order chi connectivity index (χ1) is 8.11. The van der Waals surface area contributed by atoms with Gasteiger partial charge in [0.2, 0.25) is 0 Å². The van der Waals surface area contributed by atoms with Gasteiger partial charge >= 0.3 is 0 Å². The third kappa shape index (κ3) is 6.39. The predicted molar refractivity (Wildman–Crippen MR) is 75.2 cm³/mol. The van der Waals surface area contributed by atoms with Gasteiger partial charge in [-0.15, -0.1) is 0 Å².